The molecule has 26 heavy (non-hydrogen) atoms. The van der Waals surface area contributed by atoms with Crippen LogP contribution in [0, 0.1) is 6.92 Å². The minimum atomic E-state index is 0.269. The molecule has 6 nitrogen and oxygen atoms in total. The molecule has 3 rings (SSSR count). The van der Waals surface area contributed by atoms with Crippen LogP contribution in [0.3, 0.4) is 0 Å². The van der Waals surface area contributed by atoms with Crippen LogP contribution in [0.25, 0.3) is 0 Å². The molecule has 2 aromatic rings. The molecule has 0 aliphatic carbocycles. The van der Waals surface area contributed by atoms with Gasteiger partial charge in [-0.1, -0.05) is 35.5 Å². The van der Waals surface area contributed by atoms with E-state index in [1.807, 2.05) is 23.1 Å². The molecule has 0 bridgehead atoms. The monoisotopic (exact) mass is 356 g/mol. The van der Waals surface area contributed by atoms with Crippen LogP contribution in [0.4, 0.5) is 0 Å². The molecule has 6 heteroatoms. The highest BCUT2D eigenvalue weighted by molar-refractivity contribution is 5.76. The highest BCUT2D eigenvalue weighted by Crippen LogP contribution is 2.18. The maximum atomic E-state index is 12.6. The number of hydrogen-bond donors (Lipinski definition) is 0. The summed E-state index contributed by atoms with van der Waals surface area (Å²) in [6, 6.07) is 10.7. The van der Waals surface area contributed by atoms with Crippen molar-refractivity contribution in [2.45, 2.75) is 51.6 Å². The number of aryl methyl sites for hydroxylation is 2. The topological polar surface area (TPSA) is 62.5 Å². The fourth-order valence-electron chi connectivity index (χ4n) is 3.58. The summed E-state index contributed by atoms with van der Waals surface area (Å²) in [5.41, 5.74) is 1.23. The zero-order valence-electron chi connectivity index (χ0n) is 15.7. The van der Waals surface area contributed by atoms with Gasteiger partial charge < -0.3 is 9.42 Å². The number of carbonyl (C=O) groups excluding carboxylic acids is 1. The van der Waals surface area contributed by atoms with Gasteiger partial charge in [0.05, 0.1) is 6.54 Å². The highest BCUT2D eigenvalue weighted by Gasteiger charge is 2.23. The van der Waals surface area contributed by atoms with E-state index in [1.54, 1.807) is 6.92 Å². The SMILES string of the molecule is Cc1nc(CN(C)C2CCCN(C(=O)CCc3ccccc3)CC2)no1. The van der Waals surface area contributed by atoms with Crippen LogP contribution in [0.2, 0.25) is 0 Å². The molecule has 1 aromatic carbocycles. The number of likely N-dealkylation sites (tertiary alicyclic amines) is 1. The second kappa shape index (κ2) is 8.94. The number of hydrogen-bond acceptors (Lipinski definition) is 5. The number of amides is 1. The maximum Gasteiger partial charge on any atom is 0.223 e. The molecule has 1 amide bonds. The predicted molar refractivity (Wildman–Crippen MR) is 99.5 cm³/mol. The van der Waals surface area contributed by atoms with Gasteiger partial charge in [-0.3, -0.25) is 9.69 Å². The summed E-state index contributed by atoms with van der Waals surface area (Å²) in [6.07, 6.45) is 4.53. The Balaban J connectivity index is 1.47. The molecule has 140 valence electrons. The van der Waals surface area contributed by atoms with Gasteiger partial charge in [-0.25, -0.2) is 0 Å². The first-order valence-electron chi connectivity index (χ1n) is 9.43. The minimum absolute atomic E-state index is 0.269. The number of aromatic nitrogens is 2. The lowest BCUT2D eigenvalue weighted by molar-refractivity contribution is -0.131. The molecule has 0 N–H and O–H groups in total. The lowest BCUT2D eigenvalue weighted by Gasteiger charge is -2.26. The van der Waals surface area contributed by atoms with Crippen molar-refractivity contribution in [3.63, 3.8) is 0 Å². The molecule has 1 aliphatic rings. The van der Waals surface area contributed by atoms with E-state index in [0.717, 1.165) is 44.6 Å². The molecule has 1 aliphatic heterocycles. The van der Waals surface area contributed by atoms with Crippen molar-refractivity contribution in [1.82, 2.24) is 19.9 Å². The van der Waals surface area contributed by atoms with Crippen LogP contribution < -0.4 is 0 Å². The van der Waals surface area contributed by atoms with Crippen molar-refractivity contribution in [2.24, 2.45) is 0 Å². The van der Waals surface area contributed by atoms with E-state index in [0.29, 0.717) is 24.9 Å². The van der Waals surface area contributed by atoms with Crippen molar-refractivity contribution < 1.29 is 9.32 Å². The molecule has 1 saturated heterocycles. The average molecular weight is 356 g/mol. The van der Waals surface area contributed by atoms with Gasteiger partial charge in [0.25, 0.3) is 0 Å². The summed E-state index contributed by atoms with van der Waals surface area (Å²) in [7, 11) is 2.10. The Morgan fingerprint density at radius 3 is 2.81 bits per heavy atom. The second-order valence-corrected chi connectivity index (χ2v) is 7.10. The first-order chi connectivity index (χ1) is 12.6. The maximum absolute atomic E-state index is 12.6. The van der Waals surface area contributed by atoms with E-state index < -0.39 is 0 Å². The van der Waals surface area contributed by atoms with Gasteiger partial charge in [0.2, 0.25) is 11.8 Å². The zero-order chi connectivity index (χ0) is 18.4. The van der Waals surface area contributed by atoms with Gasteiger partial charge in [-0.05, 0) is 38.3 Å². The lowest BCUT2D eigenvalue weighted by atomic mass is 10.1. The molecule has 1 fully saturated rings. The Kier molecular flexibility index (Phi) is 6.39. The van der Waals surface area contributed by atoms with Crippen LogP contribution in [0.1, 0.15) is 43.0 Å². The third-order valence-corrected chi connectivity index (χ3v) is 5.10. The van der Waals surface area contributed by atoms with Crippen LogP contribution in [-0.2, 0) is 17.8 Å². The summed E-state index contributed by atoms with van der Waals surface area (Å²) in [5.74, 6) is 1.60. The first kappa shape index (κ1) is 18.6. The molecule has 0 radical (unpaired) electrons. The lowest BCUT2D eigenvalue weighted by Crippen LogP contribution is -2.35. The summed E-state index contributed by atoms with van der Waals surface area (Å²) in [6.45, 7) is 4.18. The molecule has 2 heterocycles. The van der Waals surface area contributed by atoms with Crippen molar-refractivity contribution in [1.29, 1.82) is 0 Å². The Morgan fingerprint density at radius 1 is 1.27 bits per heavy atom. The number of benzene rings is 1. The Hall–Kier alpha value is -2.21. The molecule has 1 unspecified atom stereocenters. The van der Waals surface area contributed by atoms with Gasteiger partial charge in [0, 0.05) is 32.5 Å². The summed E-state index contributed by atoms with van der Waals surface area (Å²) >= 11 is 0. The number of carbonyl (C=O) groups is 1. The Labute approximate surface area is 155 Å². The zero-order valence-corrected chi connectivity index (χ0v) is 15.7. The van der Waals surface area contributed by atoms with Crippen molar-refractivity contribution in [3.8, 4) is 0 Å². The highest BCUT2D eigenvalue weighted by atomic mass is 16.5. The van der Waals surface area contributed by atoms with E-state index in [4.69, 9.17) is 4.52 Å². The second-order valence-electron chi connectivity index (χ2n) is 7.10. The fourth-order valence-corrected chi connectivity index (χ4v) is 3.58. The van der Waals surface area contributed by atoms with Gasteiger partial charge in [0.1, 0.15) is 0 Å². The summed E-state index contributed by atoms with van der Waals surface area (Å²) < 4.78 is 5.05. The van der Waals surface area contributed by atoms with Crippen LogP contribution in [0.5, 0.6) is 0 Å². The van der Waals surface area contributed by atoms with Crippen molar-refractivity contribution in [3.05, 3.63) is 47.6 Å². The minimum Gasteiger partial charge on any atom is -0.343 e. The summed E-state index contributed by atoms with van der Waals surface area (Å²) in [5, 5.41) is 3.98. The van der Waals surface area contributed by atoms with Crippen molar-refractivity contribution in [2.75, 3.05) is 20.1 Å². The van der Waals surface area contributed by atoms with Gasteiger partial charge >= 0.3 is 0 Å². The Morgan fingerprint density at radius 2 is 2.08 bits per heavy atom. The first-order valence-corrected chi connectivity index (χ1v) is 9.43. The van der Waals surface area contributed by atoms with Gasteiger partial charge in [-0.2, -0.15) is 4.98 Å². The smallest absolute Gasteiger partial charge is 0.223 e. The fraction of sp³-hybridized carbons (Fsp3) is 0.550. The van der Waals surface area contributed by atoms with E-state index in [1.165, 1.54) is 5.56 Å². The Bertz CT molecular complexity index is 701. The molecule has 0 spiro atoms. The molecule has 1 aromatic heterocycles. The van der Waals surface area contributed by atoms with Crippen LogP contribution in [0.15, 0.2) is 34.9 Å². The van der Waals surface area contributed by atoms with Gasteiger partial charge in [0.15, 0.2) is 5.82 Å². The third kappa shape index (κ3) is 5.14. The van der Waals surface area contributed by atoms with Crippen LogP contribution in [-0.4, -0.2) is 52.0 Å². The third-order valence-electron chi connectivity index (χ3n) is 5.10. The molecule has 1 atom stereocenters. The largest absolute Gasteiger partial charge is 0.343 e. The van der Waals surface area contributed by atoms with E-state index in [9.17, 15) is 4.79 Å². The molecule has 0 saturated carbocycles. The average Bonchev–Trinajstić information content (AvgIpc) is 2.91. The molecular weight excluding hydrogens is 328 g/mol. The van der Waals surface area contributed by atoms with E-state index in [-0.39, 0.29) is 5.91 Å². The number of rotatable bonds is 6. The van der Waals surface area contributed by atoms with Crippen LogP contribution >= 0.6 is 0 Å². The normalized spacial score (nSPS) is 18.1. The van der Waals surface area contributed by atoms with E-state index in [2.05, 4.69) is 34.2 Å². The van der Waals surface area contributed by atoms with Gasteiger partial charge in [-0.15, -0.1) is 0 Å². The standard InChI is InChI=1S/C20H28N4O2/c1-16-21-19(22-26-16)15-23(2)18-9-6-13-24(14-12-18)20(25)11-10-17-7-4-3-5-8-17/h3-5,7-8,18H,6,9-15H2,1-2H3. The predicted octanol–water partition coefficient (Wildman–Crippen LogP) is 2.82. The van der Waals surface area contributed by atoms with Crippen molar-refractivity contribution >= 4 is 5.91 Å². The quantitative estimate of drug-likeness (QED) is 0.796. The van der Waals surface area contributed by atoms with E-state index >= 15 is 0 Å². The summed E-state index contributed by atoms with van der Waals surface area (Å²) in [4.78, 5) is 21.2. The number of nitrogens with zero attached hydrogens (tertiary/aromatic N) is 4. The molecular formula is C20H28N4O2.